The van der Waals surface area contributed by atoms with Crippen LogP contribution in [-0.2, 0) is 11.8 Å². The lowest BCUT2D eigenvalue weighted by Crippen LogP contribution is -2.52. The van der Waals surface area contributed by atoms with Gasteiger partial charge >= 0.3 is 0 Å². The van der Waals surface area contributed by atoms with Crippen LogP contribution in [0.5, 0.6) is 5.75 Å². The highest BCUT2D eigenvalue weighted by atomic mass is 16.3. The fourth-order valence-corrected chi connectivity index (χ4v) is 4.27. The topological polar surface area (TPSA) is 23.5 Å². The van der Waals surface area contributed by atoms with Crippen molar-refractivity contribution in [1.82, 2.24) is 4.90 Å². The third-order valence-corrected chi connectivity index (χ3v) is 5.80. The molecule has 1 fully saturated rings. The number of fused-ring (bicyclic) bond motifs is 2. The minimum absolute atomic E-state index is 0.256. The first kappa shape index (κ1) is 13.0. The molecular weight excluding hydrogens is 234 g/mol. The van der Waals surface area contributed by atoms with E-state index in [1.54, 1.807) is 0 Å². The van der Waals surface area contributed by atoms with Gasteiger partial charge in [-0.3, -0.25) is 0 Å². The Hall–Kier alpha value is -1.02. The molecule has 0 unspecified atom stereocenters. The maximum Gasteiger partial charge on any atom is 0.119 e. The fourth-order valence-electron chi connectivity index (χ4n) is 4.27. The number of piperidine rings is 1. The number of benzene rings is 1. The van der Waals surface area contributed by atoms with E-state index in [0.717, 1.165) is 6.42 Å². The molecule has 1 aliphatic heterocycles. The Balaban J connectivity index is 2.13. The second-order valence-corrected chi connectivity index (χ2v) is 7.07. The van der Waals surface area contributed by atoms with Crippen LogP contribution in [0.4, 0.5) is 0 Å². The Morgan fingerprint density at radius 3 is 2.47 bits per heavy atom. The van der Waals surface area contributed by atoms with Crippen molar-refractivity contribution in [2.75, 3.05) is 20.1 Å². The maximum atomic E-state index is 10.2. The van der Waals surface area contributed by atoms with Crippen LogP contribution < -0.4 is 0 Å². The van der Waals surface area contributed by atoms with Gasteiger partial charge in [0.15, 0.2) is 0 Å². The lowest BCUT2D eigenvalue weighted by Gasteiger charge is -2.55. The van der Waals surface area contributed by atoms with Crippen molar-refractivity contribution in [3.63, 3.8) is 0 Å². The van der Waals surface area contributed by atoms with Crippen molar-refractivity contribution >= 4 is 0 Å². The van der Waals surface area contributed by atoms with Gasteiger partial charge in [-0.15, -0.1) is 0 Å². The van der Waals surface area contributed by atoms with Crippen molar-refractivity contribution in [2.24, 2.45) is 5.41 Å². The predicted octanol–water partition coefficient (Wildman–Crippen LogP) is 3.33. The molecule has 104 valence electrons. The minimum atomic E-state index is 0.256. The molecule has 0 amide bonds. The molecule has 19 heavy (non-hydrogen) atoms. The summed E-state index contributed by atoms with van der Waals surface area (Å²) in [5, 5.41) is 10.2. The summed E-state index contributed by atoms with van der Waals surface area (Å²) in [5.41, 5.74) is 3.23. The van der Waals surface area contributed by atoms with Gasteiger partial charge in [0.25, 0.3) is 0 Å². The van der Waals surface area contributed by atoms with E-state index in [-0.39, 0.29) is 5.41 Å². The highest BCUT2D eigenvalue weighted by Gasteiger charge is 2.50. The normalized spacial score (nSPS) is 25.2. The molecule has 1 spiro atoms. The molecule has 1 heterocycles. The van der Waals surface area contributed by atoms with Crippen molar-refractivity contribution < 1.29 is 5.11 Å². The zero-order valence-electron chi connectivity index (χ0n) is 12.4. The Kier molecular flexibility index (Phi) is 2.90. The predicted molar refractivity (Wildman–Crippen MR) is 78.6 cm³/mol. The zero-order chi connectivity index (χ0) is 13.7. The monoisotopic (exact) mass is 259 g/mol. The molecule has 1 aliphatic carbocycles. The summed E-state index contributed by atoms with van der Waals surface area (Å²) in [6.07, 6.45) is 4.63. The van der Waals surface area contributed by atoms with E-state index in [0.29, 0.717) is 11.2 Å². The lowest BCUT2D eigenvalue weighted by molar-refractivity contribution is 0.0561. The van der Waals surface area contributed by atoms with Gasteiger partial charge in [-0.05, 0) is 68.4 Å². The van der Waals surface area contributed by atoms with Crippen LogP contribution in [0.3, 0.4) is 0 Å². The number of phenols is 1. The highest BCUT2D eigenvalue weighted by molar-refractivity contribution is 5.47. The molecule has 0 atom stereocenters. The highest BCUT2D eigenvalue weighted by Crippen LogP contribution is 2.56. The molecule has 0 saturated carbocycles. The summed E-state index contributed by atoms with van der Waals surface area (Å²) in [6, 6.07) is 6.14. The number of hydrogen-bond acceptors (Lipinski definition) is 2. The number of likely N-dealkylation sites (tertiary alicyclic amines) is 1. The van der Waals surface area contributed by atoms with E-state index in [1.807, 2.05) is 12.1 Å². The van der Waals surface area contributed by atoms with Gasteiger partial charge in [-0.1, -0.05) is 26.0 Å². The zero-order valence-corrected chi connectivity index (χ0v) is 12.4. The molecule has 0 bridgehead atoms. The minimum Gasteiger partial charge on any atom is -0.508 e. The average molecular weight is 259 g/mol. The van der Waals surface area contributed by atoms with Crippen molar-refractivity contribution in [1.29, 1.82) is 0 Å². The van der Waals surface area contributed by atoms with E-state index < -0.39 is 0 Å². The summed E-state index contributed by atoms with van der Waals surface area (Å²) in [4.78, 5) is 2.43. The van der Waals surface area contributed by atoms with Crippen LogP contribution in [0.25, 0.3) is 0 Å². The molecule has 2 nitrogen and oxygen atoms in total. The first-order valence-corrected chi connectivity index (χ1v) is 7.46. The van der Waals surface area contributed by atoms with Crippen molar-refractivity contribution in [3.05, 3.63) is 29.3 Å². The standard InChI is InChI=1S/C17H25NO/c1-16(2)8-7-13-14(5-4-6-15(13)19)17(16)9-11-18(3)12-10-17/h4-6,19H,7-12H2,1-3H3. The van der Waals surface area contributed by atoms with Gasteiger partial charge in [0.1, 0.15) is 5.75 Å². The second kappa shape index (κ2) is 4.24. The van der Waals surface area contributed by atoms with Crippen molar-refractivity contribution in [3.8, 4) is 5.75 Å². The smallest absolute Gasteiger partial charge is 0.119 e. The molecule has 1 aromatic carbocycles. The van der Waals surface area contributed by atoms with Crippen LogP contribution in [0.15, 0.2) is 18.2 Å². The Labute approximate surface area is 116 Å². The molecule has 0 radical (unpaired) electrons. The largest absolute Gasteiger partial charge is 0.508 e. The summed E-state index contributed by atoms with van der Waals surface area (Å²) in [5.74, 6) is 0.506. The number of hydrogen-bond donors (Lipinski definition) is 1. The molecule has 1 aromatic rings. The van der Waals surface area contributed by atoms with Gasteiger partial charge in [-0.25, -0.2) is 0 Å². The van der Waals surface area contributed by atoms with Gasteiger partial charge in [-0.2, -0.15) is 0 Å². The van der Waals surface area contributed by atoms with Crippen LogP contribution in [0, 0.1) is 5.41 Å². The van der Waals surface area contributed by atoms with Crippen LogP contribution in [0.2, 0.25) is 0 Å². The fraction of sp³-hybridized carbons (Fsp3) is 0.647. The number of aromatic hydroxyl groups is 1. The van der Waals surface area contributed by atoms with E-state index in [2.05, 4.69) is 31.9 Å². The first-order valence-electron chi connectivity index (χ1n) is 7.46. The van der Waals surface area contributed by atoms with Crippen molar-refractivity contribution in [2.45, 2.75) is 44.9 Å². The summed E-state index contributed by atoms with van der Waals surface area (Å²) < 4.78 is 0. The molecule has 0 aromatic heterocycles. The third-order valence-electron chi connectivity index (χ3n) is 5.80. The summed E-state index contributed by atoms with van der Waals surface area (Å²) in [7, 11) is 2.21. The van der Waals surface area contributed by atoms with E-state index in [9.17, 15) is 5.11 Å². The number of phenolic OH excluding ortho intramolecular Hbond substituents is 1. The quantitative estimate of drug-likeness (QED) is 0.772. The van der Waals surface area contributed by atoms with Gasteiger partial charge in [0.2, 0.25) is 0 Å². The maximum absolute atomic E-state index is 10.2. The molecule has 2 heteroatoms. The van der Waals surface area contributed by atoms with Gasteiger partial charge in [0.05, 0.1) is 0 Å². The number of rotatable bonds is 0. The van der Waals surface area contributed by atoms with Gasteiger partial charge in [0, 0.05) is 5.41 Å². The Morgan fingerprint density at radius 2 is 1.79 bits per heavy atom. The molecule has 1 saturated heterocycles. The molecule has 3 rings (SSSR count). The molecule has 2 aliphatic rings. The molecular formula is C17H25NO. The van der Waals surface area contributed by atoms with Crippen LogP contribution in [-0.4, -0.2) is 30.1 Å². The Morgan fingerprint density at radius 1 is 1.11 bits per heavy atom. The second-order valence-electron chi connectivity index (χ2n) is 7.07. The van der Waals surface area contributed by atoms with Gasteiger partial charge < -0.3 is 10.0 Å². The average Bonchev–Trinajstić information content (AvgIpc) is 2.37. The van der Waals surface area contributed by atoms with E-state index in [1.165, 1.54) is 43.5 Å². The number of nitrogens with zero attached hydrogens (tertiary/aromatic N) is 1. The third kappa shape index (κ3) is 1.80. The Bertz CT molecular complexity index is 484. The first-order chi connectivity index (χ1) is 8.96. The van der Waals surface area contributed by atoms with Crippen LogP contribution in [0.1, 0.15) is 44.2 Å². The summed E-state index contributed by atoms with van der Waals surface area (Å²) in [6.45, 7) is 7.17. The lowest BCUT2D eigenvalue weighted by atomic mass is 9.52. The molecule has 1 N–H and O–H groups in total. The van der Waals surface area contributed by atoms with Crippen LogP contribution >= 0.6 is 0 Å². The van der Waals surface area contributed by atoms with E-state index in [4.69, 9.17) is 0 Å². The van der Waals surface area contributed by atoms with E-state index >= 15 is 0 Å². The SMILES string of the molecule is CN1CCC2(CC1)c1cccc(O)c1CCC2(C)C. The summed E-state index contributed by atoms with van der Waals surface area (Å²) >= 11 is 0.